The van der Waals surface area contributed by atoms with Crippen molar-refractivity contribution in [3.05, 3.63) is 91.0 Å². The third-order valence-corrected chi connectivity index (χ3v) is 4.09. The normalized spacial score (nSPS) is 10.8. The Morgan fingerprint density at radius 1 is 0.524 bits per heavy atom. The minimum Gasteiger partial charge on any atom is -0.248 e. The molecule has 100 valence electrons. The molecule has 0 heterocycles. The number of hydrogen-bond acceptors (Lipinski definition) is 1. The van der Waals surface area contributed by atoms with Gasteiger partial charge in [-0.15, -0.1) is 5.97 Å². The maximum Gasteiger partial charge on any atom is 0.183 e. The second-order valence-corrected chi connectivity index (χ2v) is 5.23. The van der Waals surface area contributed by atoms with Gasteiger partial charge in [0.25, 0.3) is 0 Å². The summed E-state index contributed by atoms with van der Waals surface area (Å²) < 4.78 is 0. The van der Waals surface area contributed by atoms with Gasteiger partial charge in [-0.2, -0.15) is 16.4 Å². The van der Waals surface area contributed by atoms with E-state index in [0.29, 0.717) is 0 Å². The molecule has 0 aliphatic rings. The maximum atomic E-state index is 10.1. The van der Waals surface area contributed by atoms with E-state index in [2.05, 4.69) is 5.97 Å². The van der Waals surface area contributed by atoms with Crippen molar-refractivity contribution in [2.24, 2.45) is 0 Å². The van der Waals surface area contributed by atoms with Crippen molar-refractivity contribution in [2.75, 3.05) is 0 Å². The molecule has 1 nitrogen and oxygen atoms in total. The van der Waals surface area contributed by atoms with Crippen LogP contribution in [0, 0.1) is 11.2 Å². The fourth-order valence-electron chi connectivity index (χ4n) is 3.03. The van der Waals surface area contributed by atoms with Crippen LogP contribution in [0.25, 0.3) is 0 Å². The lowest BCUT2D eigenvalue weighted by Crippen LogP contribution is -2.66. The van der Waals surface area contributed by atoms with Crippen LogP contribution in [-0.2, 0) is 0 Å². The van der Waals surface area contributed by atoms with Crippen LogP contribution in [0.3, 0.4) is 0 Å². The van der Waals surface area contributed by atoms with Crippen LogP contribution < -0.4 is 16.4 Å². The largest absolute Gasteiger partial charge is 0.248 e. The number of benzene rings is 3. The summed E-state index contributed by atoms with van der Waals surface area (Å²) in [5, 5.41) is 10.1. The Hall–Kier alpha value is -2.79. The average molecular weight is 268 g/mol. The van der Waals surface area contributed by atoms with Crippen molar-refractivity contribution in [1.29, 1.82) is 5.26 Å². The van der Waals surface area contributed by atoms with Crippen molar-refractivity contribution in [1.82, 2.24) is 0 Å². The third-order valence-electron chi connectivity index (χ3n) is 4.09. The molecule has 0 N–H and O–H groups in total. The quantitative estimate of drug-likeness (QED) is 0.668. The van der Waals surface area contributed by atoms with Crippen LogP contribution in [0.4, 0.5) is 0 Å². The molecule has 3 aromatic carbocycles. The number of nitriles is 1. The molecular weight excluding hydrogens is 253 g/mol. The van der Waals surface area contributed by atoms with Crippen LogP contribution in [0.15, 0.2) is 91.0 Å². The van der Waals surface area contributed by atoms with E-state index in [0.717, 1.165) is 16.4 Å². The Labute approximate surface area is 125 Å². The van der Waals surface area contributed by atoms with Gasteiger partial charge in [-0.3, -0.25) is 0 Å². The molecule has 21 heavy (non-hydrogen) atoms. The number of nitrogens with zero attached hydrogens (tertiary/aromatic N) is 1. The Kier molecular flexibility index (Phi) is 3.58. The molecule has 0 amide bonds. The molecule has 0 aromatic heterocycles. The van der Waals surface area contributed by atoms with Crippen molar-refractivity contribution in [3.8, 4) is 5.97 Å². The predicted molar refractivity (Wildman–Crippen MR) is 89.6 cm³/mol. The second kappa shape index (κ2) is 5.69. The lowest BCUT2D eigenvalue weighted by atomic mass is 9.16. The van der Waals surface area contributed by atoms with Gasteiger partial charge in [-0.1, -0.05) is 91.0 Å². The van der Waals surface area contributed by atoms with E-state index in [1.807, 2.05) is 91.0 Å². The highest BCUT2D eigenvalue weighted by Gasteiger charge is 2.29. The van der Waals surface area contributed by atoms with Gasteiger partial charge in [-0.25, -0.2) is 5.26 Å². The van der Waals surface area contributed by atoms with Gasteiger partial charge in [0.15, 0.2) is 6.15 Å². The first-order chi connectivity index (χ1) is 10.4. The smallest absolute Gasteiger partial charge is 0.183 e. The molecule has 0 saturated heterocycles. The highest BCUT2D eigenvalue weighted by atomic mass is 14.2. The summed E-state index contributed by atoms with van der Waals surface area (Å²) in [5.74, 6) is 2.63. The van der Waals surface area contributed by atoms with Gasteiger partial charge >= 0.3 is 0 Å². The molecule has 3 aromatic rings. The van der Waals surface area contributed by atoms with Gasteiger partial charge in [0.1, 0.15) is 0 Å². The molecule has 0 spiro atoms. The summed E-state index contributed by atoms with van der Waals surface area (Å²) in [6, 6.07) is 30.2. The predicted octanol–water partition coefficient (Wildman–Crippen LogP) is 2.22. The summed E-state index contributed by atoms with van der Waals surface area (Å²) in [4.78, 5) is 0. The Morgan fingerprint density at radius 2 is 0.810 bits per heavy atom. The van der Waals surface area contributed by atoms with Crippen LogP contribution in [0.1, 0.15) is 0 Å². The topological polar surface area (TPSA) is 23.8 Å². The van der Waals surface area contributed by atoms with E-state index < -0.39 is 6.15 Å². The van der Waals surface area contributed by atoms with E-state index in [1.54, 1.807) is 0 Å². The summed E-state index contributed by atoms with van der Waals surface area (Å²) in [7, 11) is 0. The van der Waals surface area contributed by atoms with Crippen LogP contribution >= 0.6 is 0 Å². The summed E-state index contributed by atoms with van der Waals surface area (Å²) in [6.07, 6.45) is -1.59. The fourth-order valence-corrected chi connectivity index (χ4v) is 3.03. The minimum absolute atomic E-state index is 1.05. The first-order valence-electron chi connectivity index (χ1n) is 7.11. The SMILES string of the molecule is N#C[B-](c1ccccc1)(c1ccccc1)c1ccccc1. The van der Waals surface area contributed by atoms with Crippen molar-refractivity contribution >= 4 is 22.5 Å². The first-order valence-corrected chi connectivity index (χ1v) is 7.11. The van der Waals surface area contributed by atoms with Gasteiger partial charge in [0.2, 0.25) is 0 Å². The molecular formula is C19H15BN-. The Morgan fingerprint density at radius 3 is 1.05 bits per heavy atom. The lowest BCUT2D eigenvalue weighted by Gasteiger charge is -2.36. The zero-order valence-electron chi connectivity index (χ0n) is 11.7. The third kappa shape index (κ3) is 2.24. The standard InChI is InChI=1S/C19H15BN/c21-16-20(17-10-4-1-5-11-17,18-12-6-2-7-13-18)19-14-8-3-9-15-19/h1-15H/q-1. The van der Waals surface area contributed by atoms with Gasteiger partial charge in [-0.05, 0) is 0 Å². The zero-order valence-corrected chi connectivity index (χ0v) is 11.7. The van der Waals surface area contributed by atoms with Gasteiger partial charge < -0.3 is 0 Å². The monoisotopic (exact) mass is 268 g/mol. The van der Waals surface area contributed by atoms with Gasteiger partial charge in [0, 0.05) is 0 Å². The van der Waals surface area contributed by atoms with Crippen LogP contribution in [-0.4, -0.2) is 6.15 Å². The molecule has 0 saturated carbocycles. The molecule has 0 unspecified atom stereocenters. The molecule has 0 fully saturated rings. The number of hydrogen-bond donors (Lipinski definition) is 0. The van der Waals surface area contributed by atoms with Gasteiger partial charge in [0.05, 0.1) is 0 Å². The highest BCUT2D eigenvalue weighted by Crippen LogP contribution is 2.06. The maximum absolute atomic E-state index is 10.1. The second-order valence-electron chi connectivity index (χ2n) is 5.23. The molecule has 0 bridgehead atoms. The van der Waals surface area contributed by atoms with E-state index >= 15 is 0 Å². The van der Waals surface area contributed by atoms with E-state index in [-0.39, 0.29) is 0 Å². The zero-order chi connectivity index (χ0) is 14.5. The van der Waals surface area contributed by atoms with Crippen LogP contribution in [0.2, 0.25) is 0 Å². The first kappa shape index (κ1) is 13.2. The number of rotatable bonds is 3. The van der Waals surface area contributed by atoms with Crippen molar-refractivity contribution < 1.29 is 0 Å². The highest BCUT2D eigenvalue weighted by molar-refractivity contribution is 7.16. The van der Waals surface area contributed by atoms with E-state index in [1.165, 1.54) is 0 Å². The lowest BCUT2D eigenvalue weighted by molar-refractivity contribution is 1.54. The minimum atomic E-state index is -1.59. The van der Waals surface area contributed by atoms with Crippen molar-refractivity contribution in [3.63, 3.8) is 0 Å². The molecule has 0 aliphatic carbocycles. The molecule has 2 heteroatoms. The van der Waals surface area contributed by atoms with E-state index in [4.69, 9.17) is 0 Å². The average Bonchev–Trinajstić information content (AvgIpc) is 2.59. The Bertz CT molecular complexity index is 649. The Balaban J connectivity index is 2.32. The summed E-state index contributed by atoms with van der Waals surface area (Å²) in [5.41, 5.74) is 3.16. The summed E-state index contributed by atoms with van der Waals surface area (Å²) >= 11 is 0. The van der Waals surface area contributed by atoms with E-state index in [9.17, 15) is 5.26 Å². The molecule has 0 aliphatic heterocycles. The van der Waals surface area contributed by atoms with Crippen LogP contribution in [0.5, 0.6) is 0 Å². The fraction of sp³-hybridized carbons (Fsp3) is 0. The van der Waals surface area contributed by atoms with Crippen molar-refractivity contribution in [2.45, 2.75) is 0 Å². The molecule has 0 atom stereocenters. The molecule has 3 rings (SSSR count). The summed E-state index contributed by atoms with van der Waals surface area (Å²) in [6.45, 7) is 0. The molecule has 0 radical (unpaired) electrons.